The molecule has 0 saturated heterocycles. The third-order valence-corrected chi connectivity index (χ3v) is 6.02. The minimum Gasteiger partial charge on any atom is -0.496 e. The van der Waals surface area contributed by atoms with Crippen LogP contribution in [0.15, 0.2) is 42.5 Å². The maximum absolute atomic E-state index is 13.1. The number of methoxy groups -OCH3 is 2. The van der Waals surface area contributed by atoms with Crippen molar-refractivity contribution in [3.05, 3.63) is 70.3 Å². The topological polar surface area (TPSA) is 44.8 Å². The predicted molar refractivity (Wildman–Crippen MR) is 103 cm³/mol. The molecule has 27 heavy (non-hydrogen) atoms. The fourth-order valence-corrected chi connectivity index (χ4v) is 4.78. The highest BCUT2D eigenvalue weighted by molar-refractivity contribution is 6.12. The summed E-state index contributed by atoms with van der Waals surface area (Å²) in [4.78, 5) is 13.1. The summed E-state index contributed by atoms with van der Waals surface area (Å²) in [5.41, 5.74) is 4.46. The minimum atomic E-state index is -0.698. The van der Waals surface area contributed by atoms with Gasteiger partial charge in [-0.05, 0) is 43.0 Å². The number of ether oxygens (including phenoxy) is 3. The van der Waals surface area contributed by atoms with Gasteiger partial charge in [0.2, 0.25) is 0 Å². The second-order valence-corrected chi connectivity index (χ2v) is 7.20. The van der Waals surface area contributed by atoms with Crippen LogP contribution in [0.25, 0.3) is 10.8 Å². The molecular formula is C23H20O4. The summed E-state index contributed by atoms with van der Waals surface area (Å²) in [5, 5.41) is 1.62. The van der Waals surface area contributed by atoms with Gasteiger partial charge in [-0.1, -0.05) is 30.3 Å². The highest BCUT2D eigenvalue weighted by Gasteiger charge is 2.51. The lowest BCUT2D eigenvalue weighted by Crippen LogP contribution is -2.24. The molecule has 0 N–H and O–H groups in total. The van der Waals surface area contributed by atoms with Crippen LogP contribution < -0.4 is 9.47 Å². The van der Waals surface area contributed by atoms with E-state index >= 15 is 0 Å². The molecule has 136 valence electrons. The van der Waals surface area contributed by atoms with Gasteiger partial charge >= 0.3 is 5.97 Å². The van der Waals surface area contributed by atoms with E-state index in [1.165, 1.54) is 11.1 Å². The average molecular weight is 360 g/mol. The second-order valence-electron chi connectivity index (χ2n) is 7.20. The zero-order valence-electron chi connectivity index (χ0n) is 15.6. The van der Waals surface area contributed by atoms with E-state index in [1.807, 2.05) is 30.3 Å². The molecular weight excluding hydrogens is 340 g/mol. The van der Waals surface area contributed by atoms with Gasteiger partial charge in [0.15, 0.2) is 5.60 Å². The van der Waals surface area contributed by atoms with Crippen molar-refractivity contribution in [1.82, 2.24) is 0 Å². The smallest absolute Gasteiger partial charge is 0.340 e. The zero-order valence-corrected chi connectivity index (χ0v) is 15.6. The molecule has 4 nitrogen and oxygen atoms in total. The SMILES string of the molecule is COc1ccc(OC)c2c3c(ccc12)[C@@]1(CCc2c(C)cccc21)OC3=O. The number of hydrogen-bond donors (Lipinski definition) is 0. The van der Waals surface area contributed by atoms with Crippen molar-refractivity contribution < 1.29 is 19.0 Å². The maximum Gasteiger partial charge on any atom is 0.340 e. The monoisotopic (exact) mass is 360 g/mol. The molecule has 4 heteroatoms. The van der Waals surface area contributed by atoms with E-state index in [2.05, 4.69) is 19.1 Å². The van der Waals surface area contributed by atoms with Crippen LogP contribution in [0, 0.1) is 6.92 Å². The van der Waals surface area contributed by atoms with Gasteiger partial charge in [0, 0.05) is 21.9 Å². The highest BCUT2D eigenvalue weighted by atomic mass is 16.6. The first kappa shape index (κ1) is 16.2. The number of rotatable bonds is 2. The number of aryl methyl sites for hydroxylation is 1. The van der Waals surface area contributed by atoms with Crippen LogP contribution in [0.4, 0.5) is 0 Å². The van der Waals surface area contributed by atoms with Gasteiger partial charge < -0.3 is 14.2 Å². The van der Waals surface area contributed by atoms with Crippen LogP contribution >= 0.6 is 0 Å². The molecule has 5 rings (SSSR count). The zero-order chi connectivity index (χ0) is 18.8. The van der Waals surface area contributed by atoms with Gasteiger partial charge in [-0.15, -0.1) is 0 Å². The summed E-state index contributed by atoms with van der Waals surface area (Å²) in [6, 6.07) is 14.0. The van der Waals surface area contributed by atoms with Crippen molar-refractivity contribution in [2.24, 2.45) is 0 Å². The second kappa shape index (κ2) is 5.49. The Balaban J connectivity index is 1.86. The summed E-state index contributed by atoms with van der Waals surface area (Å²) >= 11 is 0. The maximum atomic E-state index is 13.1. The molecule has 2 aliphatic rings. The predicted octanol–water partition coefficient (Wildman–Crippen LogP) is 4.53. The van der Waals surface area contributed by atoms with Gasteiger partial charge in [0.25, 0.3) is 0 Å². The third kappa shape index (κ3) is 1.95. The highest BCUT2D eigenvalue weighted by Crippen LogP contribution is 2.53. The molecule has 0 saturated carbocycles. The van der Waals surface area contributed by atoms with Crippen LogP contribution in [-0.2, 0) is 16.8 Å². The molecule has 0 aromatic heterocycles. The molecule has 0 fully saturated rings. The van der Waals surface area contributed by atoms with Crippen molar-refractivity contribution in [2.45, 2.75) is 25.4 Å². The van der Waals surface area contributed by atoms with Crippen molar-refractivity contribution in [2.75, 3.05) is 14.2 Å². The number of hydrogen-bond acceptors (Lipinski definition) is 4. The summed E-state index contributed by atoms with van der Waals surface area (Å²) in [7, 11) is 3.25. The number of fused-ring (bicyclic) bond motifs is 6. The number of esters is 1. The molecule has 1 heterocycles. The normalized spacial score (nSPS) is 19.9. The molecule has 0 amide bonds. The fraction of sp³-hybridized carbons (Fsp3) is 0.261. The van der Waals surface area contributed by atoms with E-state index in [1.54, 1.807) is 14.2 Å². The Morgan fingerprint density at radius 2 is 1.74 bits per heavy atom. The van der Waals surface area contributed by atoms with E-state index < -0.39 is 5.60 Å². The lowest BCUT2D eigenvalue weighted by atomic mass is 9.84. The standard InChI is InChI=1S/C23H20O4/c1-13-5-4-6-16-14(13)11-12-23(16)17-8-7-15-18(25-2)9-10-19(26-3)20(15)21(17)22(24)27-23/h4-10H,11-12H2,1-3H3/t23-/m0/s1. The van der Waals surface area contributed by atoms with Gasteiger partial charge in [-0.2, -0.15) is 0 Å². The Morgan fingerprint density at radius 3 is 2.52 bits per heavy atom. The first-order chi connectivity index (χ1) is 13.1. The van der Waals surface area contributed by atoms with Crippen LogP contribution in [0.5, 0.6) is 11.5 Å². The molecule has 1 spiro atoms. The molecule has 1 aliphatic carbocycles. The van der Waals surface area contributed by atoms with Crippen molar-refractivity contribution in [1.29, 1.82) is 0 Å². The van der Waals surface area contributed by atoms with E-state index in [0.29, 0.717) is 17.1 Å². The minimum absolute atomic E-state index is 0.295. The summed E-state index contributed by atoms with van der Waals surface area (Å²) < 4.78 is 17.2. The third-order valence-electron chi connectivity index (χ3n) is 6.02. The van der Waals surface area contributed by atoms with Gasteiger partial charge in [0.05, 0.1) is 19.8 Å². The van der Waals surface area contributed by atoms with E-state index in [-0.39, 0.29) is 5.97 Å². The Bertz CT molecular complexity index is 1120. The van der Waals surface area contributed by atoms with E-state index in [0.717, 1.165) is 34.7 Å². The van der Waals surface area contributed by atoms with Crippen LogP contribution in [0.3, 0.4) is 0 Å². The van der Waals surface area contributed by atoms with Gasteiger partial charge in [-0.3, -0.25) is 0 Å². The fourth-order valence-electron chi connectivity index (χ4n) is 4.78. The summed E-state index contributed by atoms with van der Waals surface area (Å²) in [5.74, 6) is 1.07. The summed E-state index contributed by atoms with van der Waals surface area (Å²) in [6.07, 6.45) is 1.67. The molecule has 0 bridgehead atoms. The van der Waals surface area contributed by atoms with Crippen molar-refractivity contribution in [3.8, 4) is 11.5 Å². The molecule has 3 aromatic rings. The van der Waals surface area contributed by atoms with Crippen molar-refractivity contribution in [3.63, 3.8) is 0 Å². The summed E-state index contributed by atoms with van der Waals surface area (Å²) in [6.45, 7) is 2.11. The van der Waals surface area contributed by atoms with E-state index in [9.17, 15) is 4.79 Å². The Labute approximate surface area is 157 Å². The molecule has 0 unspecified atom stereocenters. The molecule has 1 atom stereocenters. The van der Waals surface area contributed by atoms with E-state index in [4.69, 9.17) is 14.2 Å². The lowest BCUT2D eigenvalue weighted by Gasteiger charge is -2.25. The first-order valence-electron chi connectivity index (χ1n) is 9.11. The number of carbonyl (C=O) groups excluding carboxylic acids is 1. The van der Waals surface area contributed by atoms with Crippen LogP contribution in [0.2, 0.25) is 0 Å². The van der Waals surface area contributed by atoms with Crippen LogP contribution in [-0.4, -0.2) is 20.2 Å². The first-order valence-corrected chi connectivity index (χ1v) is 9.11. The largest absolute Gasteiger partial charge is 0.496 e. The number of carbonyl (C=O) groups is 1. The molecule has 3 aromatic carbocycles. The lowest BCUT2D eigenvalue weighted by molar-refractivity contribution is 0.0116. The Kier molecular flexibility index (Phi) is 3.29. The Morgan fingerprint density at radius 1 is 0.963 bits per heavy atom. The number of benzene rings is 3. The van der Waals surface area contributed by atoms with Gasteiger partial charge in [-0.25, -0.2) is 4.79 Å². The molecule has 0 radical (unpaired) electrons. The van der Waals surface area contributed by atoms with Crippen LogP contribution in [0.1, 0.15) is 39.0 Å². The Hall–Kier alpha value is -3.01. The van der Waals surface area contributed by atoms with Crippen molar-refractivity contribution >= 4 is 16.7 Å². The average Bonchev–Trinajstić information content (AvgIpc) is 3.20. The quantitative estimate of drug-likeness (QED) is 0.630. The van der Waals surface area contributed by atoms with Gasteiger partial charge in [0.1, 0.15) is 11.5 Å². The molecule has 1 aliphatic heterocycles.